The van der Waals surface area contributed by atoms with E-state index in [-0.39, 0.29) is 0 Å². The first-order valence-corrected chi connectivity index (χ1v) is 16.1. The molecule has 0 heterocycles. The quantitative estimate of drug-likeness (QED) is 0.0510. The van der Waals surface area contributed by atoms with Crippen molar-refractivity contribution in [1.82, 2.24) is 0 Å². The number of carbonyl (C=O) groups is 4. The van der Waals surface area contributed by atoms with Gasteiger partial charge in [0.25, 0.3) is 0 Å². The van der Waals surface area contributed by atoms with Crippen LogP contribution in [0.25, 0.3) is 43.1 Å². The first-order chi connectivity index (χ1) is 24.7. The summed E-state index contributed by atoms with van der Waals surface area (Å²) in [5.74, 6) is 0.0777. The maximum atomic E-state index is 11.7. The fourth-order valence-corrected chi connectivity index (χ4v) is 5.01. The number of benzene rings is 6. The fraction of sp³-hybridized carbons (Fsp3) is 0.0909. The molecule has 0 fully saturated rings. The number of hydrogen-bond donors (Lipinski definition) is 0. The first-order valence-electron chi connectivity index (χ1n) is 16.1. The second-order valence-corrected chi connectivity index (χ2v) is 12.4. The van der Waals surface area contributed by atoms with Gasteiger partial charge in [-0.25, -0.2) is 19.2 Å². The lowest BCUT2D eigenvalue weighted by Gasteiger charge is -2.09. The Hall–Kier alpha value is -6.80. The molecule has 0 bridgehead atoms. The molecule has 6 rings (SSSR count). The lowest BCUT2D eigenvalue weighted by molar-refractivity contribution is -0.130. The predicted octanol–water partition coefficient (Wildman–Crippen LogP) is 9.91. The Labute approximate surface area is 300 Å². The van der Waals surface area contributed by atoms with E-state index in [1.807, 2.05) is 72.8 Å². The molecule has 8 nitrogen and oxygen atoms in total. The van der Waals surface area contributed by atoms with E-state index in [4.69, 9.17) is 18.9 Å². The minimum Gasteiger partial charge on any atom is -0.423 e. The maximum Gasteiger partial charge on any atom is 0.338 e. The zero-order chi connectivity index (χ0) is 37.7. The summed E-state index contributed by atoms with van der Waals surface area (Å²) in [5, 5.41) is 7.75. The molecule has 6 aromatic rings. The summed E-state index contributed by atoms with van der Waals surface area (Å²) in [4.78, 5) is 46.7. The molecule has 0 aliphatic heterocycles. The highest BCUT2D eigenvalue weighted by Gasteiger charge is 2.11. The summed E-state index contributed by atoms with van der Waals surface area (Å²) in [6.07, 6.45) is 0. The second kappa shape index (κ2) is 15.4. The molecule has 8 heteroatoms. The van der Waals surface area contributed by atoms with Gasteiger partial charge in [0.15, 0.2) is 0 Å². The smallest absolute Gasteiger partial charge is 0.338 e. The van der Waals surface area contributed by atoms with Crippen molar-refractivity contribution in [2.75, 3.05) is 0 Å². The van der Waals surface area contributed by atoms with E-state index in [1.54, 1.807) is 52.0 Å². The molecule has 0 aliphatic carbocycles. The zero-order valence-electron chi connectivity index (χ0n) is 29.3. The molecule has 0 saturated carbocycles. The Morgan fingerprint density at radius 1 is 0.346 bits per heavy atom. The molecule has 0 spiro atoms. The summed E-state index contributed by atoms with van der Waals surface area (Å²) < 4.78 is 21.1. The first kappa shape index (κ1) is 36.5. The van der Waals surface area contributed by atoms with E-state index < -0.39 is 23.9 Å². The van der Waals surface area contributed by atoms with Crippen molar-refractivity contribution in [3.8, 4) is 23.0 Å². The number of esters is 4. The van der Waals surface area contributed by atoms with Crippen molar-refractivity contribution >= 4 is 67.0 Å². The van der Waals surface area contributed by atoms with Gasteiger partial charge in [0, 0.05) is 22.3 Å². The average molecular weight is 693 g/mol. The van der Waals surface area contributed by atoms with Crippen LogP contribution in [0, 0.1) is 0 Å². The average Bonchev–Trinajstić information content (AvgIpc) is 3.10. The van der Waals surface area contributed by atoms with Gasteiger partial charge in [-0.3, -0.25) is 0 Å². The molecular formula is C44H36O8. The lowest BCUT2D eigenvalue weighted by atomic mass is 10.0. The Kier molecular flexibility index (Phi) is 10.8. The van der Waals surface area contributed by atoms with Crippen molar-refractivity contribution in [3.05, 3.63) is 146 Å². The van der Waals surface area contributed by atoms with E-state index in [2.05, 4.69) is 26.3 Å². The molecule has 260 valence electrons. The van der Waals surface area contributed by atoms with Crippen molar-refractivity contribution in [2.45, 2.75) is 27.7 Å². The predicted molar refractivity (Wildman–Crippen MR) is 205 cm³/mol. The van der Waals surface area contributed by atoms with Crippen LogP contribution in [0.3, 0.4) is 0 Å². The third kappa shape index (κ3) is 8.67. The fourth-order valence-electron chi connectivity index (χ4n) is 5.01. The van der Waals surface area contributed by atoms with Gasteiger partial charge in [0.2, 0.25) is 0 Å². The monoisotopic (exact) mass is 692 g/mol. The highest BCUT2D eigenvalue weighted by Crippen LogP contribution is 2.32. The summed E-state index contributed by atoms with van der Waals surface area (Å²) in [5.41, 5.74) is 1.39. The number of rotatable bonds is 8. The third-order valence-electron chi connectivity index (χ3n) is 7.75. The van der Waals surface area contributed by atoms with E-state index >= 15 is 0 Å². The summed E-state index contributed by atoms with van der Waals surface area (Å²) in [7, 11) is 0. The van der Waals surface area contributed by atoms with Crippen molar-refractivity contribution in [3.63, 3.8) is 0 Å². The van der Waals surface area contributed by atoms with Crippen LogP contribution in [0.2, 0.25) is 0 Å². The molecule has 52 heavy (non-hydrogen) atoms. The molecule has 0 unspecified atom stereocenters. The van der Waals surface area contributed by atoms with Crippen LogP contribution >= 0.6 is 0 Å². The Bertz CT molecular complexity index is 2260. The molecule has 0 aromatic heterocycles. The van der Waals surface area contributed by atoms with Crippen LogP contribution in [0.15, 0.2) is 146 Å². The van der Waals surface area contributed by atoms with E-state index in [1.165, 1.54) is 0 Å². The van der Waals surface area contributed by atoms with E-state index in [0.717, 1.165) is 43.1 Å². The Morgan fingerprint density at radius 2 is 0.596 bits per heavy atom. The largest absolute Gasteiger partial charge is 0.423 e. The second-order valence-electron chi connectivity index (χ2n) is 12.4. The molecule has 6 aromatic carbocycles. The molecule has 0 aliphatic rings. The lowest BCUT2D eigenvalue weighted by Crippen LogP contribution is -2.08. The molecule has 0 atom stereocenters. The van der Waals surface area contributed by atoms with Gasteiger partial charge in [-0.15, -0.1) is 0 Å². The van der Waals surface area contributed by atoms with Crippen LogP contribution in [-0.4, -0.2) is 23.9 Å². The van der Waals surface area contributed by atoms with Gasteiger partial charge in [0.1, 0.15) is 23.0 Å². The normalized spacial score (nSPS) is 10.5. The SMILES string of the molecule is C=C(C)C(=O)Oc1ccc2c(ccc3cc(OC(=O)C(=C)C)ccc32)c1.C=C(C)C(=O)Oc1ccc2cc3cc(OC(=O)C(=C)C)ccc3cc2c1. The van der Waals surface area contributed by atoms with Gasteiger partial charge in [-0.2, -0.15) is 0 Å². The van der Waals surface area contributed by atoms with Crippen LogP contribution < -0.4 is 18.9 Å². The van der Waals surface area contributed by atoms with Gasteiger partial charge in [0.05, 0.1) is 0 Å². The molecular weight excluding hydrogens is 656 g/mol. The number of ether oxygens (including phenoxy) is 4. The number of fused-ring (bicyclic) bond motifs is 5. The van der Waals surface area contributed by atoms with Crippen LogP contribution in [0.5, 0.6) is 23.0 Å². The standard InChI is InChI=1S/2C22H18O4/c1-13(2)21(23)25-19-7-5-15-10-18-12-20(26-22(24)14(3)4)8-6-16(18)9-17(15)11-19;1-13(2)21(23)25-17-7-9-19-15(11-17)5-6-16-12-18(8-10-20(16)19)26-22(24)14(3)4/h2*5-12H,1,3H2,2,4H3. The van der Waals surface area contributed by atoms with Gasteiger partial charge in [-0.05, 0) is 131 Å². The summed E-state index contributed by atoms with van der Waals surface area (Å²) in [6.45, 7) is 20.7. The molecule has 0 N–H and O–H groups in total. The van der Waals surface area contributed by atoms with Gasteiger partial charge >= 0.3 is 23.9 Å². The van der Waals surface area contributed by atoms with Crippen LogP contribution in [-0.2, 0) is 19.2 Å². The third-order valence-corrected chi connectivity index (χ3v) is 7.75. The minimum atomic E-state index is -0.450. The zero-order valence-corrected chi connectivity index (χ0v) is 29.3. The molecule has 0 saturated heterocycles. The Morgan fingerprint density at radius 3 is 0.885 bits per heavy atom. The van der Waals surface area contributed by atoms with Crippen LogP contribution in [0.1, 0.15) is 27.7 Å². The highest BCUT2D eigenvalue weighted by atomic mass is 16.5. The summed E-state index contributed by atoms with van der Waals surface area (Å²) >= 11 is 0. The van der Waals surface area contributed by atoms with Gasteiger partial charge in [-0.1, -0.05) is 62.7 Å². The Balaban J connectivity index is 0.000000201. The van der Waals surface area contributed by atoms with E-state index in [9.17, 15) is 19.2 Å². The van der Waals surface area contributed by atoms with E-state index in [0.29, 0.717) is 45.3 Å². The highest BCUT2D eigenvalue weighted by molar-refractivity contribution is 6.08. The number of carbonyl (C=O) groups excluding carboxylic acids is 4. The number of hydrogen-bond acceptors (Lipinski definition) is 8. The van der Waals surface area contributed by atoms with Crippen molar-refractivity contribution in [1.29, 1.82) is 0 Å². The molecule has 0 radical (unpaired) electrons. The topological polar surface area (TPSA) is 105 Å². The van der Waals surface area contributed by atoms with Crippen molar-refractivity contribution < 1.29 is 38.1 Å². The molecule has 0 amide bonds. The maximum absolute atomic E-state index is 11.7. The summed E-state index contributed by atoms with van der Waals surface area (Å²) in [6, 6.07) is 29.6. The van der Waals surface area contributed by atoms with Crippen LogP contribution in [0.4, 0.5) is 0 Å². The van der Waals surface area contributed by atoms with Gasteiger partial charge < -0.3 is 18.9 Å². The minimum absolute atomic E-state index is 0.348. The van der Waals surface area contributed by atoms with Crippen molar-refractivity contribution in [2.24, 2.45) is 0 Å².